The van der Waals surface area contributed by atoms with Gasteiger partial charge in [-0.05, 0) is 31.2 Å². The van der Waals surface area contributed by atoms with Gasteiger partial charge in [-0.25, -0.2) is 8.78 Å². The zero-order chi connectivity index (χ0) is 17.0. The SMILES string of the molecule is COc1cc(F)c(C(C)Nc2ccc(C#N)cc2F)cc1OC. The summed E-state index contributed by atoms with van der Waals surface area (Å²) >= 11 is 0. The summed E-state index contributed by atoms with van der Waals surface area (Å²) < 4.78 is 38.3. The normalized spacial score (nSPS) is 11.5. The Labute approximate surface area is 133 Å². The van der Waals surface area contributed by atoms with E-state index in [1.807, 2.05) is 6.07 Å². The fourth-order valence-electron chi connectivity index (χ4n) is 2.21. The third kappa shape index (κ3) is 3.51. The highest BCUT2D eigenvalue weighted by Crippen LogP contribution is 2.33. The van der Waals surface area contributed by atoms with E-state index in [4.69, 9.17) is 14.7 Å². The van der Waals surface area contributed by atoms with Gasteiger partial charge in [-0.2, -0.15) is 5.26 Å². The molecule has 0 fully saturated rings. The molecule has 1 atom stereocenters. The largest absolute Gasteiger partial charge is 0.493 e. The Kier molecular flexibility index (Phi) is 5.02. The van der Waals surface area contributed by atoms with Gasteiger partial charge in [0, 0.05) is 11.6 Å². The second kappa shape index (κ2) is 6.97. The Morgan fingerprint density at radius 3 is 2.26 bits per heavy atom. The molecule has 0 aliphatic carbocycles. The summed E-state index contributed by atoms with van der Waals surface area (Å²) in [7, 11) is 2.88. The average Bonchev–Trinajstić information content (AvgIpc) is 2.56. The molecule has 0 amide bonds. The molecule has 0 spiro atoms. The predicted octanol–water partition coefficient (Wildman–Crippen LogP) is 4.03. The predicted molar refractivity (Wildman–Crippen MR) is 82.7 cm³/mol. The van der Waals surface area contributed by atoms with Gasteiger partial charge in [0.25, 0.3) is 0 Å². The van der Waals surface area contributed by atoms with Crippen molar-refractivity contribution in [3.05, 3.63) is 53.1 Å². The molecular weight excluding hydrogens is 302 g/mol. The van der Waals surface area contributed by atoms with Crippen LogP contribution in [0.4, 0.5) is 14.5 Å². The summed E-state index contributed by atoms with van der Waals surface area (Å²) in [6.07, 6.45) is 0. The highest BCUT2D eigenvalue weighted by molar-refractivity contribution is 5.52. The molecule has 6 heteroatoms. The molecule has 1 unspecified atom stereocenters. The minimum Gasteiger partial charge on any atom is -0.493 e. The summed E-state index contributed by atoms with van der Waals surface area (Å²) in [5.74, 6) is -0.392. The lowest BCUT2D eigenvalue weighted by molar-refractivity contribution is 0.351. The molecular formula is C17H16F2N2O2. The van der Waals surface area contributed by atoms with E-state index >= 15 is 0 Å². The van der Waals surface area contributed by atoms with Crippen LogP contribution in [0.2, 0.25) is 0 Å². The van der Waals surface area contributed by atoms with Crippen LogP contribution >= 0.6 is 0 Å². The van der Waals surface area contributed by atoms with Crippen LogP contribution in [-0.4, -0.2) is 14.2 Å². The van der Waals surface area contributed by atoms with E-state index in [2.05, 4.69) is 5.32 Å². The maximum atomic E-state index is 14.2. The third-order valence-corrected chi connectivity index (χ3v) is 3.44. The van der Waals surface area contributed by atoms with Crippen LogP contribution in [0, 0.1) is 23.0 Å². The van der Waals surface area contributed by atoms with Crippen LogP contribution < -0.4 is 14.8 Å². The molecule has 4 nitrogen and oxygen atoms in total. The van der Waals surface area contributed by atoms with Crippen molar-refractivity contribution in [1.82, 2.24) is 0 Å². The fraction of sp³-hybridized carbons (Fsp3) is 0.235. The van der Waals surface area contributed by atoms with Crippen molar-refractivity contribution in [2.24, 2.45) is 0 Å². The Bertz CT molecular complexity index is 757. The summed E-state index contributed by atoms with van der Waals surface area (Å²) in [6.45, 7) is 1.70. The van der Waals surface area contributed by atoms with Crippen molar-refractivity contribution in [2.45, 2.75) is 13.0 Å². The van der Waals surface area contributed by atoms with E-state index in [0.717, 1.165) is 6.07 Å². The molecule has 23 heavy (non-hydrogen) atoms. The number of nitrogens with zero attached hydrogens (tertiary/aromatic N) is 1. The molecule has 0 bridgehead atoms. The smallest absolute Gasteiger partial charge is 0.163 e. The van der Waals surface area contributed by atoms with Gasteiger partial charge in [0.15, 0.2) is 11.5 Å². The first-order chi connectivity index (χ1) is 11.0. The lowest BCUT2D eigenvalue weighted by Gasteiger charge is -2.19. The van der Waals surface area contributed by atoms with Crippen LogP contribution in [-0.2, 0) is 0 Å². The molecule has 0 heterocycles. The fourth-order valence-corrected chi connectivity index (χ4v) is 2.21. The molecule has 1 N–H and O–H groups in total. The van der Waals surface area contributed by atoms with Gasteiger partial charge >= 0.3 is 0 Å². The topological polar surface area (TPSA) is 54.3 Å². The quantitative estimate of drug-likeness (QED) is 0.904. The molecule has 0 aromatic heterocycles. The first-order valence-electron chi connectivity index (χ1n) is 6.87. The van der Waals surface area contributed by atoms with Gasteiger partial charge in [0.2, 0.25) is 0 Å². The minimum atomic E-state index is -0.572. The minimum absolute atomic E-state index is 0.186. The van der Waals surface area contributed by atoms with E-state index in [1.54, 1.807) is 6.92 Å². The number of methoxy groups -OCH3 is 2. The lowest BCUT2D eigenvalue weighted by Crippen LogP contribution is -2.10. The van der Waals surface area contributed by atoms with E-state index in [1.165, 1.54) is 38.5 Å². The number of halogens is 2. The van der Waals surface area contributed by atoms with Crippen molar-refractivity contribution in [2.75, 3.05) is 19.5 Å². The summed E-state index contributed by atoms with van der Waals surface area (Å²) in [4.78, 5) is 0. The Hall–Kier alpha value is -2.81. The lowest BCUT2D eigenvalue weighted by atomic mass is 10.1. The number of nitrogens with one attached hydrogen (secondary N) is 1. The molecule has 0 radical (unpaired) electrons. The number of nitriles is 1. The number of hydrogen-bond donors (Lipinski definition) is 1. The zero-order valence-corrected chi connectivity index (χ0v) is 13.0. The molecule has 0 aliphatic heterocycles. The molecule has 120 valence electrons. The molecule has 2 aromatic rings. The number of benzene rings is 2. The van der Waals surface area contributed by atoms with Crippen molar-refractivity contribution < 1.29 is 18.3 Å². The zero-order valence-electron chi connectivity index (χ0n) is 13.0. The van der Waals surface area contributed by atoms with Crippen LogP contribution in [0.5, 0.6) is 11.5 Å². The van der Waals surface area contributed by atoms with Crippen LogP contribution in [0.1, 0.15) is 24.1 Å². The standard InChI is InChI=1S/C17H16F2N2O2/c1-10(21-15-5-4-11(9-20)6-14(15)19)12-7-16(22-2)17(23-3)8-13(12)18/h4-8,10,21H,1-3H3. The van der Waals surface area contributed by atoms with E-state index < -0.39 is 17.7 Å². The van der Waals surface area contributed by atoms with Crippen LogP contribution in [0.25, 0.3) is 0 Å². The van der Waals surface area contributed by atoms with E-state index in [0.29, 0.717) is 11.3 Å². The first-order valence-corrected chi connectivity index (χ1v) is 6.87. The Morgan fingerprint density at radius 1 is 1.04 bits per heavy atom. The molecule has 2 rings (SSSR count). The van der Waals surface area contributed by atoms with Crippen molar-refractivity contribution in [1.29, 1.82) is 5.26 Å². The van der Waals surface area contributed by atoms with E-state index in [-0.39, 0.29) is 17.0 Å². The second-order valence-electron chi connectivity index (χ2n) is 4.90. The molecule has 0 aliphatic rings. The first kappa shape index (κ1) is 16.6. The Balaban J connectivity index is 2.31. The number of hydrogen-bond acceptors (Lipinski definition) is 4. The van der Waals surface area contributed by atoms with Gasteiger partial charge in [-0.15, -0.1) is 0 Å². The van der Waals surface area contributed by atoms with Gasteiger partial charge in [-0.1, -0.05) is 0 Å². The number of rotatable bonds is 5. The van der Waals surface area contributed by atoms with Gasteiger partial charge in [-0.3, -0.25) is 0 Å². The third-order valence-electron chi connectivity index (χ3n) is 3.44. The second-order valence-corrected chi connectivity index (χ2v) is 4.90. The monoisotopic (exact) mass is 318 g/mol. The van der Waals surface area contributed by atoms with Crippen molar-refractivity contribution in [3.8, 4) is 17.6 Å². The number of anilines is 1. The highest BCUT2D eigenvalue weighted by Gasteiger charge is 2.17. The molecule has 0 saturated carbocycles. The average molecular weight is 318 g/mol. The summed E-state index contributed by atoms with van der Waals surface area (Å²) in [5, 5.41) is 11.6. The summed E-state index contributed by atoms with van der Waals surface area (Å²) in [6, 6.07) is 8.13. The van der Waals surface area contributed by atoms with Crippen LogP contribution in [0.3, 0.4) is 0 Å². The van der Waals surface area contributed by atoms with Gasteiger partial charge < -0.3 is 14.8 Å². The maximum Gasteiger partial charge on any atom is 0.163 e. The highest BCUT2D eigenvalue weighted by atomic mass is 19.1. The van der Waals surface area contributed by atoms with Crippen molar-refractivity contribution >= 4 is 5.69 Å². The van der Waals surface area contributed by atoms with Crippen LogP contribution in [0.15, 0.2) is 30.3 Å². The number of ether oxygens (including phenoxy) is 2. The van der Waals surface area contributed by atoms with Crippen molar-refractivity contribution in [3.63, 3.8) is 0 Å². The van der Waals surface area contributed by atoms with Gasteiger partial charge in [0.1, 0.15) is 11.6 Å². The Morgan fingerprint density at radius 2 is 1.70 bits per heavy atom. The maximum absolute atomic E-state index is 14.2. The molecule has 2 aromatic carbocycles. The van der Waals surface area contributed by atoms with Gasteiger partial charge in [0.05, 0.1) is 37.6 Å². The summed E-state index contributed by atoms with van der Waals surface area (Å²) in [5.41, 5.74) is 0.718. The molecule has 0 saturated heterocycles. The van der Waals surface area contributed by atoms with E-state index in [9.17, 15) is 8.78 Å².